The maximum Gasteiger partial charge on any atom is 0.101 e. The Morgan fingerprint density at radius 3 is 3.00 bits per heavy atom. The third-order valence-electron chi connectivity index (χ3n) is 2.52. The molecule has 3 heteroatoms. The quantitative estimate of drug-likeness (QED) is 0.554. The molecule has 0 fully saturated rings. The van der Waals surface area contributed by atoms with Gasteiger partial charge in [-0.2, -0.15) is 0 Å². The van der Waals surface area contributed by atoms with E-state index in [9.17, 15) is 0 Å². The molecule has 0 N–H and O–H groups in total. The fourth-order valence-electron chi connectivity index (χ4n) is 1.69. The van der Waals surface area contributed by atoms with Crippen LogP contribution >= 0.6 is 34.4 Å². The average Bonchev–Trinajstić information content (AvgIpc) is 2.63. The van der Waals surface area contributed by atoms with E-state index >= 15 is 0 Å². The largest absolute Gasteiger partial charge is 0.293 e. The van der Waals surface area contributed by atoms with Gasteiger partial charge < -0.3 is 0 Å². The molecule has 2 aliphatic rings. The lowest BCUT2D eigenvalue weighted by molar-refractivity contribution is 0.946. The minimum atomic E-state index is 0.243. The van der Waals surface area contributed by atoms with Crippen molar-refractivity contribution in [2.75, 3.05) is 6.54 Å². The van der Waals surface area contributed by atoms with E-state index in [-0.39, 0.29) is 2.75 Å². The predicted octanol–water partition coefficient (Wildman–Crippen LogP) is 3.95. The van der Waals surface area contributed by atoms with Gasteiger partial charge in [-0.15, -0.1) is 11.8 Å². The molecule has 0 aromatic carbocycles. The van der Waals surface area contributed by atoms with Crippen molar-refractivity contribution in [2.45, 2.75) is 28.9 Å². The van der Waals surface area contributed by atoms with Crippen LogP contribution in [-0.4, -0.2) is 15.5 Å². The van der Waals surface area contributed by atoms with Gasteiger partial charge in [0.1, 0.15) is 2.75 Å². The lowest BCUT2D eigenvalue weighted by atomic mass is 10.1. The van der Waals surface area contributed by atoms with Crippen molar-refractivity contribution in [1.29, 1.82) is 0 Å². The molecular formula is C11H14INS. The number of rotatable bonds is 2. The van der Waals surface area contributed by atoms with Crippen LogP contribution in [0.3, 0.4) is 0 Å². The molecular weight excluding hydrogens is 305 g/mol. The van der Waals surface area contributed by atoms with E-state index in [1.807, 2.05) is 11.8 Å². The Bertz CT molecular complexity index is 319. The molecule has 2 heterocycles. The van der Waals surface area contributed by atoms with Crippen molar-refractivity contribution in [3.05, 3.63) is 22.6 Å². The molecule has 0 saturated heterocycles. The molecule has 0 saturated carbocycles. The lowest BCUT2D eigenvalue weighted by Gasteiger charge is -2.24. The summed E-state index contributed by atoms with van der Waals surface area (Å²) in [4.78, 5) is 5.89. The summed E-state index contributed by atoms with van der Waals surface area (Å²) in [6.45, 7) is 3.19. The number of allylic oxidation sites excluding steroid dienone is 2. The van der Waals surface area contributed by atoms with Gasteiger partial charge >= 0.3 is 0 Å². The van der Waals surface area contributed by atoms with Crippen molar-refractivity contribution in [3.8, 4) is 0 Å². The monoisotopic (exact) mass is 319 g/mol. The molecule has 0 aromatic heterocycles. The summed E-state index contributed by atoms with van der Waals surface area (Å²) in [7, 11) is 0. The third kappa shape index (κ3) is 2.08. The highest BCUT2D eigenvalue weighted by atomic mass is 127. The number of halogens is 1. The average molecular weight is 319 g/mol. The molecule has 14 heavy (non-hydrogen) atoms. The lowest BCUT2D eigenvalue weighted by Crippen LogP contribution is -2.18. The number of nitrogens with zero attached hydrogens (tertiary/aromatic N) is 1. The second-order valence-electron chi connectivity index (χ2n) is 3.54. The van der Waals surface area contributed by atoms with E-state index in [1.165, 1.54) is 16.9 Å². The SMILES string of the molecule is CCC1=CCC(I)(C2=CCCN=C2)S1. The van der Waals surface area contributed by atoms with Crippen molar-refractivity contribution in [3.63, 3.8) is 0 Å². The van der Waals surface area contributed by atoms with E-state index in [0.29, 0.717) is 0 Å². The van der Waals surface area contributed by atoms with Gasteiger partial charge in [-0.3, -0.25) is 4.99 Å². The molecule has 1 unspecified atom stereocenters. The standard InChI is InChI=1S/C11H14INS/c1-2-10-5-6-11(12,14-10)9-4-3-7-13-8-9/h4-5,8H,2-3,6-7H2,1H3. The van der Waals surface area contributed by atoms with Crippen LogP contribution in [-0.2, 0) is 0 Å². The maximum atomic E-state index is 4.36. The Morgan fingerprint density at radius 1 is 1.57 bits per heavy atom. The van der Waals surface area contributed by atoms with Gasteiger partial charge in [0.25, 0.3) is 0 Å². The predicted molar refractivity (Wildman–Crippen MR) is 73.4 cm³/mol. The van der Waals surface area contributed by atoms with Gasteiger partial charge in [0.05, 0.1) is 0 Å². The Kier molecular flexibility index (Phi) is 3.37. The molecule has 0 bridgehead atoms. The second kappa shape index (κ2) is 4.39. The summed E-state index contributed by atoms with van der Waals surface area (Å²) in [6, 6.07) is 0. The summed E-state index contributed by atoms with van der Waals surface area (Å²) >= 11 is 4.58. The molecule has 2 aliphatic heterocycles. The van der Waals surface area contributed by atoms with Gasteiger partial charge in [0.15, 0.2) is 0 Å². The second-order valence-corrected chi connectivity index (χ2v) is 7.54. The van der Waals surface area contributed by atoms with Crippen molar-refractivity contribution in [1.82, 2.24) is 0 Å². The Balaban J connectivity index is 2.12. The number of hydrogen-bond donors (Lipinski definition) is 0. The Labute approximate surface area is 103 Å². The van der Waals surface area contributed by atoms with Crippen LogP contribution < -0.4 is 0 Å². The van der Waals surface area contributed by atoms with Crippen molar-refractivity contribution in [2.24, 2.45) is 4.99 Å². The molecule has 76 valence electrons. The molecule has 0 amide bonds. The first-order valence-corrected chi connectivity index (χ1v) is 6.91. The molecule has 0 aliphatic carbocycles. The van der Waals surface area contributed by atoms with E-state index in [4.69, 9.17) is 0 Å². The van der Waals surface area contributed by atoms with Crippen LogP contribution in [0, 0.1) is 0 Å². The zero-order valence-corrected chi connectivity index (χ0v) is 11.3. The number of alkyl halides is 1. The number of thioether (sulfide) groups is 1. The molecule has 0 spiro atoms. The van der Waals surface area contributed by atoms with Crippen LogP contribution in [0.2, 0.25) is 0 Å². The number of aliphatic imine (C=N–C) groups is 1. The molecule has 1 atom stereocenters. The Morgan fingerprint density at radius 2 is 2.43 bits per heavy atom. The summed E-state index contributed by atoms with van der Waals surface area (Å²) < 4.78 is 0.243. The summed E-state index contributed by atoms with van der Waals surface area (Å²) in [5.74, 6) is 0. The van der Waals surface area contributed by atoms with E-state index in [2.05, 4.69) is 52.9 Å². The minimum absolute atomic E-state index is 0.243. The topological polar surface area (TPSA) is 12.4 Å². The normalized spacial score (nSPS) is 31.6. The molecule has 1 nitrogen and oxygen atoms in total. The van der Waals surface area contributed by atoms with Crippen LogP contribution in [0.15, 0.2) is 27.6 Å². The molecule has 0 aromatic rings. The van der Waals surface area contributed by atoms with Crippen molar-refractivity contribution < 1.29 is 0 Å². The fraction of sp³-hybridized carbons (Fsp3) is 0.545. The van der Waals surface area contributed by atoms with Gasteiger partial charge in [-0.05, 0) is 29.7 Å². The molecule has 2 rings (SSSR count). The first kappa shape index (κ1) is 10.7. The van der Waals surface area contributed by atoms with Crippen molar-refractivity contribution >= 4 is 40.6 Å². The van der Waals surface area contributed by atoms with Gasteiger partial charge in [0, 0.05) is 12.8 Å². The number of dihydropyridines is 1. The van der Waals surface area contributed by atoms with Crippen LogP contribution in [0.25, 0.3) is 0 Å². The number of hydrogen-bond acceptors (Lipinski definition) is 2. The first-order chi connectivity index (χ1) is 6.74. The van der Waals surface area contributed by atoms with Crippen LogP contribution in [0.5, 0.6) is 0 Å². The maximum absolute atomic E-state index is 4.36. The third-order valence-corrected chi connectivity index (χ3v) is 5.68. The van der Waals surface area contributed by atoms with E-state index in [0.717, 1.165) is 19.4 Å². The highest BCUT2D eigenvalue weighted by Gasteiger charge is 2.35. The minimum Gasteiger partial charge on any atom is -0.293 e. The van der Waals surface area contributed by atoms with Crippen LogP contribution in [0.1, 0.15) is 26.2 Å². The smallest absolute Gasteiger partial charge is 0.101 e. The summed E-state index contributed by atoms with van der Waals surface area (Å²) in [6.07, 6.45) is 10.2. The first-order valence-electron chi connectivity index (χ1n) is 5.02. The molecule has 0 radical (unpaired) electrons. The Hall–Kier alpha value is 0.230. The highest BCUT2D eigenvalue weighted by molar-refractivity contribution is 14.1. The zero-order chi connectivity index (χ0) is 10.0. The van der Waals surface area contributed by atoms with Gasteiger partial charge in [-0.25, -0.2) is 0 Å². The van der Waals surface area contributed by atoms with E-state index in [1.54, 1.807) is 0 Å². The zero-order valence-electron chi connectivity index (χ0n) is 8.29. The summed E-state index contributed by atoms with van der Waals surface area (Å²) in [5.41, 5.74) is 1.41. The van der Waals surface area contributed by atoms with Gasteiger partial charge in [0.2, 0.25) is 0 Å². The van der Waals surface area contributed by atoms with Gasteiger partial charge in [-0.1, -0.05) is 41.7 Å². The fourth-order valence-corrected chi connectivity index (χ4v) is 4.26. The van der Waals surface area contributed by atoms with E-state index < -0.39 is 0 Å². The highest BCUT2D eigenvalue weighted by Crippen LogP contribution is 2.52. The van der Waals surface area contributed by atoms with Crippen LogP contribution in [0.4, 0.5) is 0 Å². The summed E-state index contributed by atoms with van der Waals surface area (Å²) in [5, 5.41) is 0.